The van der Waals surface area contributed by atoms with Crippen LogP contribution in [0.15, 0.2) is 210 Å². The number of benzene rings is 9. The van der Waals surface area contributed by atoms with Crippen LogP contribution in [0, 0.1) is 5.41 Å². The summed E-state index contributed by atoms with van der Waals surface area (Å²) >= 11 is 0. The molecule has 0 atom stereocenters. The topological polar surface area (TPSA) is 56.7 Å². The molecule has 1 aromatic heterocycles. The van der Waals surface area contributed by atoms with E-state index in [2.05, 4.69) is 173 Å². The van der Waals surface area contributed by atoms with Crippen molar-refractivity contribution >= 4 is 78.3 Å². The van der Waals surface area contributed by atoms with E-state index in [1.54, 1.807) is 0 Å². The van der Waals surface area contributed by atoms with Gasteiger partial charge in [0.2, 0.25) is 0 Å². The molecule has 11 rings (SSSR count). The molecule has 0 aliphatic carbocycles. The smallest absolute Gasteiger partial charge is 0.161 e. The van der Waals surface area contributed by atoms with Crippen molar-refractivity contribution in [3.05, 3.63) is 217 Å². The van der Waals surface area contributed by atoms with Crippen LogP contribution in [-0.4, -0.2) is 22.5 Å². The first kappa shape index (κ1) is 33.4. The second-order valence-electron chi connectivity index (χ2n) is 14.6. The molecule has 0 bridgehead atoms. The number of hydrogen-bond acceptors (Lipinski definition) is 2. The van der Waals surface area contributed by atoms with Gasteiger partial charge in [-0.3, -0.25) is 5.41 Å². The molecule has 0 radical (unpaired) electrons. The van der Waals surface area contributed by atoms with E-state index in [9.17, 15) is 0 Å². The highest BCUT2D eigenvalue weighted by Gasteiger charge is 2.26. The van der Waals surface area contributed by atoms with Crippen molar-refractivity contribution in [2.24, 2.45) is 9.98 Å². The first-order valence-electron chi connectivity index (χ1n) is 19.5. The summed E-state index contributed by atoms with van der Waals surface area (Å²) < 4.78 is 2.31. The number of aliphatic imine (C=N–C) groups is 2. The van der Waals surface area contributed by atoms with E-state index in [-0.39, 0.29) is 5.84 Å². The molecule has 9 aromatic carbocycles. The number of nitrogens with one attached hydrogen (secondary N) is 1. The fourth-order valence-electron chi connectivity index (χ4n) is 8.60. The Morgan fingerprint density at radius 3 is 1.93 bits per heavy atom. The highest BCUT2D eigenvalue weighted by Crippen LogP contribution is 2.51. The van der Waals surface area contributed by atoms with Crippen molar-refractivity contribution in [1.82, 2.24) is 4.57 Å². The van der Waals surface area contributed by atoms with E-state index in [1.165, 1.54) is 32.7 Å². The Morgan fingerprint density at radius 1 is 0.466 bits per heavy atom. The van der Waals surface area contributed by atoms with Crippen LogP contribution in [0.2, 0.25) is 0 Å². The summed E-state index contributed by atoms with van der Waals surface area (Å²) in [5, 5.41) is 16.2. The third kappa shape index (κ3) is 5.52. The van der Waals surface area contributed by atoms with Crippen LogP contribution < -0.4 is 4.90 Å². The van der Waals surface area contributed by atoms with Crippen LogP contribution in [0.25, 0.3) is 60.2 Å². The van der Waals surface area contributed by atoms with Crippen LogP contribution in [0.3, 0.4) is 0 Å². The van der Waals surface area contributed by atoms with Gasteiger partial charge in [-0.2, -0.15) is 0 Å². The van der Waals surface area contributed by atoms with Crippen molar-refractivity contribution in [3.63, 3.8) is 0 Å². The van der Waals surface area contributed by atoms with E-state index in [0.29, 0.717) is 5.84 Å². The van der Waals surface area contributed by atoms with Crippen LogP contribution in [0.4, 0.5) is 17.1 Å². The van der Waals surface area contributed by atoms with Crippen molar-refractivity contribution < 1.29 is 0 Å². The van der Waals surface area contributed by atoms with Gasteiger partial charge in [0.15, 0.2) is 11.7 Å². The lowest BCUT2D eigenvalue weighted by atomic mass is 9.89. The van der Waals surface area contributed by atoms with Crippen LogP contribution in [0.1, 0.15) is 16.7 Å². The third-order valence-corrected chi connectivity index (χ3v) is 11.2. The first-order valence-corrected chi connectivity index (χ1v) is 19.5. The maximum Gasteiger partial charge on any atom is 0.161 e. The molecule has 0 unspecified atom stereocenters. The number of rotatable bonds is 5. The molecule has 0 saturated heterocycles. The van der Waals surface area contributed by atoms with E-state index < -0.39 is 0 Å². The summed E-state index contributed by atoms with van der Waals surface area (Å²) in [5.74, 6) is 0.609. The minimum absolute atomic E-state index is 0.149. The maximum atomic E-state index is 9.04. The Labute approximate surface area is 335 Å². The number of fused-ring (bicyclic) bond motifs is 6. The monoisotopic (exact) mass is 741 g/mol. The highest BCUT2D eigenvalue weighted by atomic mass is 15.2. The molecule has 5 nitrogen and oxygen atoms in total. The summed E-state index contributed by atoms with van der Waals surface area (Å²) in [6.07, 6.45) is 1.90. The lowest BCUT2D eigenvalue weighted by Gasteiger charge is -2.34. The van der Waals surface area contributed by atoms with Gasteiger partial charge in [-0.1, -0.05) is 133 Å². The number of para-hydroxylation sites is 2. The predicted octanol–water partition coefficient (Wildman–Crippen LogP) is 13.4. The summed E-state index contributed by atoms with van der Waals surface area (Å²) in [7, 11) is 0. The minimum atomic E-state index is 0.149. The minimum Gasteiger partial charge on any atom is -0.309 e. The Bertz CT molecular complexity index is 3280. The summed E-state index contributed by atoms with van der Waals surface area (Å²) in [6, 6.07) is 69.7. The van der Waals surface area contributed by atoms with E-state index in [1.807, 2.05) is 42.6 Å². The lowest BCUT2D eigenvalue weighted by molar-refractivity contribution is 1.18. The van der Waals surface area contributed by atoms with E-state index in [0.717, 1.165) is 61.2 Å². The molecule has 1 aliphatic heterocycles. The average Bonchev–Trinajstić information content (AvgIpc) is 3.63. The molecule has 58 heavy (non-hydrogen) atoms. The molecule has 0 spiro atoms. The summed E-state index contributed by atoms with van der Waals surface area (Å²) in [4.78, 5) is 12.4. The van der Waals surface area contributed by atoms with Crippen molar-refractivity contribution in [2.75, 3.05) is 4.90 Å². The van der Waals surface area contributed by atoms with Crippen molar-refractivity contribution in [3.8, 4) is 16.8 Å². The molecule has 0 amide bonds. The summed E-state index contributed by atoms with van der Waals surface area (Å²) in [6.45, 7) is 0. The molecule has 2 heterocycles. The zero-order valence-electron chi connectivity index (χ0n) is 31.4. The van der Waals surface area contributed by atoms with Gasteiger partial charge in [-0.05, 0) is 88.5 Å². The normalized spacial score (nSPS) is 12.6. The second-order valence-corrected chi connectivity index (χ2v) is 14.6. The Kier molecular flexibility index (Phi) is 7.90. The maximum absolute atomic E-state index is 9.04. The number of nitrogens with zero attached hydrogens (tertiary/aromatic N) is 4. The van der Waals surface area contributed by atoms with Gasteiger partial charge in [0, 0.05) is 56.0 Å². The van der Waals surface area contributed by atoms with Gasteiger partial charge in [-0.15, -0.1) is 0 Å². The molecule has 272 valence electrons. The Balaban J connectivity index is 1.05. The predicted molar refractivity (Wildman–Crippen MR) is 243 cm³/mol. The fraction of sp³-hybridized carbons (Fsp3) is 0. The molecule has 0 saturated carbocycles. The molecule has 5 heteroatoms. The molecule has 1 aliphatic rings. The fourth-order valence-corrected chi connectivity index (χ4v) is 8.60. The molecule has 10 aromatic rings. The van der Waals surface area contributed by atoms with Crippen LogP contribution >= 0.6 is 0 Å². The Hall–Kier alpha value is -7.89. The standard InChI is InChI=1S/C53H35N5/c54-52(36-14-3-1-4-15-36)56-53(55-34-40-20-13-27-48-51(40)44-23-9-10-25-46(44)57(48)41-21-5-2-6-22-41)37-28-30-42(31-29-37)58-47-26-12-19-35-18-11-24-43(50(35)47)45-32-38-16-7-8-17-39(38)33-49(45)58/h1-34,54H. The molecule has 0 fully saturated rings. The van der Waals surface area contributed by atoms with E-state index in [4.69, 9.17) is 15.4 Å². The highest BCUT2D eigenvalue weighted by molar-refractivity contribution is 6.20. The van der Waals surface area contributed by atoms with Gasteiger partial charge >= 0.3 is 0 Å². The van der Waals surface area contributed by atoms with Crippen LogP contribution in [0.5, 0.6) is 0 Å². The van der Waals surface area contributed by atoms with Gasteiger partial charge < -0.3 is 9.47 Å². The summed E-state index contributed by atoms with van der Waals surface area (Å²) in [5.41, 5.74) is 11.6. The van der Waals surface area contributed by atoms with Gasteiger partial charge in [0.05, 0.1) is 22.4 Å². The first-order chi connectivity index (χ1) is 28.7. The van der Waals surface area contributed by atoms with Crippen LogP contribution in [-0.2, 0) is 0 Å². The molecular weight excluding hydrogens is 707 g/mol. The number of aromatic nitrogens is 1. The number of hydrogen-bond donors (Lipinski definition) is 1. The second kappa shape index (κ2) is 13.7. The van der Waals surface area contributed by atoms with Crippen molar-refractivity contribution in [2.45, 2.75) is 0 Å². The lowest BCUT2D eigenvalue weighted by Crippen LogP contribution is -2.15. The largest absolute Gasteiger partial charge is 0.309 e. The van der Waals surface area contributed by atoms with Gasteiger partial charge in [0.1, 0.15) is 0 Å². The zero-order valence-corrected chi connectivity index (χ0v) is 31.4. The SMILES string of the molecule is N=C(N=C(N=Cc1cccc2c1c1ccccc1n2-c1ccccc1)c1ccc(N2c3cc4ccccc4cc3-c3cccc4cccc2c34)cc1)c1ccccc1. The zero-order chi connectivity index (χ0) is 38.6. The van der Waals surface area contributed by atoms with Gasteiger partial charge in [-0.25, -0.2) is 9.98 Å². The van der Waals surface area contributed by atoms with E-state index >= 15 is 0 Å². The molecule has 1 N–H and O–H groups in total. The number of anilines is 3. The number of amidine groups is 2. The van der Waals surface area contributed by atoms with Crippen molar-refractivity contribution in [1.29, 1.82) is 5.41 Å². The molecular formula is C53H35N5. The van der Waals surface area contributed by atoms with Gasteiger partial charge in [0.25, 0.3) is 0 Å². The average molecular weight is 742 g/mol. The quantitative estimate of drug-likeness (QED) is 0.139. The Morgan fingerprint density at radius 2 is 1.12 bits per heavy atom. The third-order valence-electron chi connectivity index (χ3n) is 11.2.